The summed E-state index contributed by atoms with van der Waals surface area (Å²) in [5.41, 5.74) is 0. The van der Waals surface area contributed by atoms with E-state index in [-0.39, 0.29) is 0 Å². The van der Waals surface area contributed by atoms with Crippen molar-refractivity contribution in [1.82, 2.24) is 0 Å². The van der Waals surface area contributed by atoms with Gasteiger partial charge in [-0.05, 0) is 67.1 Å². The highest BCUT2D eigenvalue weighted by Crippen LogP contribution is 2.48. The second-order valence-electron chi connectivity index (χ2n) is 9.28. The van der Waals surface area contributed by atoms with Crippen LogP contribution in [0, 0.1) is 41.4 Å². The summed E-state index contributed by atoms with van der Waals surface area (Å²) in [6, 6.07) is 0. The Balaban J connectivity index is 1.41. The molecule has 0 radical (unpaired) electrons. The predicted octanol–water partition coefficient (Wildman–Crippen LogP) is 7.11. The third-order valence-corrected chi connectivity index (χ3v) is 7.53. The molecule has 25 heavy (non-hydrogen) atoms. The van der Waals surface area contributed by atoms with Gasteiger partial charge in [0.1, 0.15) is 0 Å². The highest BCUT2D eigenvalue weighted by Gasteiger charge is 2.38. The Morgan fingerprint density at radius 1 is 0.680 bits per heavy atom. The van der Waals surface area contributed by atoms with Gasteiger partial charge < -0.3 is 0 Å². The normalized spacial score (nSPS) is 42.2. The lowest BCUT2D eigenvalue weighted by Crippen LogP contribution is -2.24. The zero-order valence-electron chi connectivity index (χ0n) is 16.0. The molecular formula is C25H36. The van der Waals surface area contributed by atoms with Crippen LogP contribution >= 0.6 is 0 Å². The van der Waals surface area contributed by atoms with Crippen LogP contribution in [0.15, 0.2) is 48.6 Å². The van der Waals surface area contributed by atoms with Crippen molar-refractivity contribution < 1.29 is 0 Å². The summed E-state index contributed by atoms with van der Waals surface area (Å²) < 4.78 is 0. The minimum Gasteiger partial charge on any atom is -0.0808 e. The van der Waals surface area contributed by atoms with Gasteiger partial charge in [0.15, 0.2) is 0 Å². The summed E-state index contributed by atoms with van der Waals surface area (Å²) in [7, 11) is 0. The number of hydrogen-bond acceptors (Lipinski definition) is 0. The Labute approximate surface area is 155 Å². The molecule has 0 aromatic rings. The average Bonchev–Trinajstić information content (AvgIpc) is 3.01. The SMILES string of the molecule is CCCCC1CCC(CC2CC3C=CC=CC3C3C=CC=CC3C2)C1. The van der Waals surface area contributed by atoms with Crippen LogP contribution in [0.25, 0.3) is 0 Å². The first-order valence-corrected chi connectivity index (χ1v) is 11.0. The molecule has 2 saturated carbocycles. The van der Waals surface area contributed by atoms with Crippen molar-refractivity contribution in [3.05, 3.63) is 48.6 Å². The molecule has 0 saturated heterocycles. The Morgan fingerprint density at radius 3 is 1.92 bits per heavy atom. The molecule has 2 fully saturated rings. The van der Waals surface area contributed by atoms with Gasteiger partial charge in [-0.3, -0.25) is 0 Å². The zero-order valence-corrected chi connectivity index (χ0v) is 16.0. The highest BCUT2D eigenvalue weighted by atomic mass is 14.4. The van der Waals surface area contributed by atoms with Crippen LogP contribution in [-0.2, 0) is 0 Å². The Morgan fingerprint density at radius 2 is 1.28 bits per heavy atom. The first-order valence-electron chi connectivity index (χ1n) is 11.0. The number of rotatable bonds is 5. The Bertz CT molecular complexity index is 512. The van der Waals surface area contributed by atoms with E-state index in [1.807, 2.05) is 0 Å². The van der Waals surface area contributed by atoms with E-state index in [0.29, 0.717) is 0 Å². The minimum absolute atomic E-state index is 0.738. The third kappa shape index (κ3) is 4.04. The molecule has 0 nitrogen and oxygen atoms in total. The first kappa shape index (κ1) is 17.4. The van der Waals surface area contributed by atoms with E-state index in [0.717, 1.165) is 41.4 Å². The predicted molar refractivity (Wildman–Crippen MR) is 108 cm³/mol. The molecule has 0 amide bonds. The Kier molecular flexibility index (Phi) is 5.63. The fourth-order valence-corrected chi connectivity index (χ4v) is 6.32. The maximum atomic E-state index is 2.52. The van der Waals surface area contributed by atoms with Crippen LogP contribution in [0.2, 0.25) is 0 Å². The smallest absolute Gasteiger partial charge is 0.00985 e. The van der Waals surface area contributed by atoms with Gasteiger partial charge in [0.2, 0.25) is 0 Å². The molecule has 0 N–H and O–H groups in total. The lowest BCUT2D eigenvalue weighted by Gasteiger charge is -2.31. The number of allylic oxidation sites excluding steroid dienone is 8. The molecule has 6 unspecified atom stereocenters. The molecule has 0 heterocycles. The van der Waals surface area contributed by atoms with Crippen LogP contribution in [0.3, 0.4) is 0 Å². The van der Waals surface area contributed by atoms with E-state index in [9.17, 15) is 0 Å². The largest absolute Gasteiger partial charge is 0.0808 e. The summed E-state index contributed by atoms with van der Waals surface area (Å²) >= 11 is 0. The van der Waals surface area contributed by atoms with E-state index in [1.54, 1.807) is 0 Å². The quantitative estimate of drug-likeness (QED) is 0.502. The van der Waals surface area contributed by atoms with Gasteiger partial charge in [0.25, 0.3) is 0 Å². The van der Waals surface area contributed by atoms with Crippen molar-refractivity contribution in [3.63, 3.8) is 0 Å². The molecule has 136 valence electrons. The topological polar surface area (TPSA) is 0 Å². The monoisotopic (exact) mass is 336 g/mol. The number of hydrogen-bond donors (Lipinski definition) is 0. The third-order valence-electron chi connectivity index (χ3n) is 7.53. The number of fused-ring (bicyclic) bond motifs is 3. The van der Waals surface area contributed by atoms with E-state index in [1.165, 1.54) is 57.8 Å². The van der Waals surface area contributed by atoms with Gasteiger partial charge in [-0.15, -0.1) is 0 Å². The molecule has 4 aliphatic rings. The maximum absolute atomic E-state index is 2.52. The van der Waals surface area contributed by atoms with Gasteiger partial charge in [0.05, 0.1) is 0 Å². The van der Waals surface area contributed by atoms with Gasteiger partial charge in [0, 0.05) is 0 Å². The summed E-state index contributed by atoms with van der Waals surface area (Å²) in [5, 5.41) is 0. The average molecular weight is 337 g/mol. The minimum atomic E-state index is 0.738. The molecule has 4 aliphatic carbocycles. The molecule has 0 aliphatic heterocycles. The second-order valence-corrected chi connectivity index (χ2v) is 9.28. The molecular weight excluding hydrogens is 300 g/mol. The van der Waals surface area contributed by atoms with Crippen LogP contribution in [0.1, 0.15) is 64.7 Å². The molecule has 4 rings (SSSR count). The van der Waals surface area contributed by atoms with Crippen molar-refractivity contribution in [2.45, 2.75) is 64.7 Å². The van der Waals surface area contributed by atoms with Crippen molar-refractivity contribution >= 4 is 0 Å². The molecule has 6 atom stereocenters. The van der Waals surface area contributed by atoms with Crippen molar-refractivity contribution in [3.8, 4) is 0 Å². The molecule has 0 spiro atoms. The van der Waals surface area contributed by atoms with Crippen LogP contribution in [0.4, 0.5) is 0 Å². The standard InChI is InChI=1S/C25H36/c1-2-3-8-19-13-14-20(15-19)16-21-17-22-9-4-6-11-24(22)25-12-7-5-10-23(25)18-21/h4-7,9-12,19-25H,2-3,8,13-18H2,1H3. The summed E-state index contributed by atoms with van der Waals surface area (Å²) in [6.07, 6.45) is 32.5. The van der Waals surface area contributed by atoms with E-state index in [4.69, 9.17) is 0 Å². The Hall–Kier alpha value is -1.04. The second kappa shape index (κ2) is 8.11. The first-order chi connectivity index (χ1) is 12.3. The van der Waals surface area contributed by atoms with E-state index >= 15 is 0 Å². The summed E-state index contributed by atoms with van der Waals surface area (Å²) in [6.45, 7) is 2.34. The van der Waals surface area contributed by atoms with E-state index < -0.39 is 0 Å². The van der Waals surface area contributed by atoms with Crippen LogP contribution in [0.5, 0.6) is 0 Å². The maximum Gasteiger partial charge on any atom is -0.00985 e. The van der Waals surface area contributed by atoms with Gasteiger partial charge in [-0.25, -0.2) is 0 Å². The molecule has 0 bridgehead atoms. The van der Waals surface area contributed by atoms with Crippen LogP contribution in [-0.4, -0.2) is 0 Å². The van der Waals surface area contributed by atoms with Crippen molar-refractivity contribution in [2.24, 2.45) is 41.4 Å². The van der Waals surface area contributed by atoms with Gasteiger partial charge in [-0.1, -0.05) is 87.6 Å². The van der Waals surface area contributed by atoms with Crippen molar-refractivity contribution in [2.75, 3.05) is 0 Å². The lowest BCUT2D eigenvalue weighted by atomic mass is 9.73. The zero-order chi connectivity index (χ0) is 17.1. The number of unbranched alkanes of at least 4 members (excludes halogenated alkanes) is 1. The van der Waals surface area contributed by atoms with Crippen LogP contribution < -0.4 is 0 Å². The lowest BCUT2D eigenvalue weighted by molar-refractivity contribution is 0.300. The molecule has 0 aromatic carbocycles. The van der Waals surface area contributed by atoms with Crippen molar-refractivity contribution in [1.29, 1.82) is 0 Å². The fourth-order valence-electron chi connectivity index (χ4n) is 6.32. The van der Waals surface area contributed by atoms with Gasteiger partial charge in [-0.2, -0.15) is 0 Å². The highest BCUT2D eigenvalue weighted by molar-refractivity contribution is 5.23. The van der Waals surface area contributed by atoms with Gasteiger partial charge >= 0.3 is 0 Å². The summed E-state index contributed by atoms with van der Waals surface area (Å²) in [5.74, 6) is 6.03. The molecule has 0 aromatic heterocycles. The summed E-state index contributed by atoms with van der Waals surface area (Å²) in [4.78, 5) is 0. The van der Waals surface area contributed by atoms with E-state index in [2.05, 4.69) is 55.5 Å². The fraction of sp³-hybridized carbons (Fsp3) is 0.680. The molecule has 0 heteroatoms.